The molecule has 8 nitrogen and oxygen atoms in total. The number of benzene rings is 2. The molecule has 2 aliphatic rings. The van der Waals surface area contributed by atoms with Crippen LogP contribution in [0.3, 0.4) is 0 Å². The molecule has 2 N–H and O–H groups in total. The molecule has 1 saturated carbocycles. The Balaban J connectivity index is 1.49. The fraction of sp³-hybridized carbons (Fsp3) is 0.250. The number of sulfonamides is 1. The van der Waals surface area contributed by atoms with Gasteiger partial charge in [-0.05, 0) is 25.0 Å². The summed E-state index contributed by atoms with van der Waals surface area (Å²) < 4.78 is 31.9. The molecule has 4 rings (SSSR count). The van der Waals surface area contributed by atoms with E-state index in [-0.39, 0.29) is 22.7 Å². The number of hydrogen-bond donors (Lipinski definition) is 2. The van der Waals surface area contributed by atoms with E-state index in [0.29, 0.717) is 11.1 Å². The molecule has 1 aliphatic heterocycles. The normalized spacial score (nSPS) is 19.1. The summed E-state index contributed by atoms with van der Waals surface area (Å²) in [5.41, 5.74) is 0.949. The molecule has 1 amide bonds. The van der Waals surface area contributed by atoms with E-state index in [1.165, 1.54) is 6.07 Å². The minimum atomic E-state index is -3.69. The van der Waals surface area contributed by atoms with Crippen molar-refractivity contribution in [2.45, 2.75) is 29.9 Å². The third-order valence-electron chi connectivity index (χ3n) is 4.54. The number of ether oxygens (including phenoxy) is 1. The van der Waals surface area contributed by atoms with Crippen LogP contribution in [-0.4, -0.2) is 38.7 Å². The predicted molar refractivity (Wildman–Crippen MR) is 105 cm³/mol. The number of carbonyl (C=O) groups excluding carboxylic acids is 2. The van der Waals surface area contributed by atoms with Crippen molar-refractivity contribution < 1.29 is 22.7 Å². The summed E-state index contributed by atoms with van der Waals surface area (Å²) >= 11 is 0. The molecule has 0 bridgehead atoms. The third-order valence-corrected chi connectivity index (χ3v) is 5.94. The van der Waals surface area contributed by atoms with E-state index >= 15 is 0 Å². The molecule has 150 valence electrons. The Bertz CT molecular complexity index is 1080. The van der Waals surface area contributed by atoms with E-state index in [1.807, 2.05) is 0 Å². The third kappa shape index (κ3) is 4.29. The Labute approximate surface area is 168 Å². The van der Waals surface area contributed by atoms with Crippen molar-refractivity contribution in [2.75, 3.05) is 6.54 Å². The van der Waals surface area contributed by atoms with Gasteiger partial charge in [-0.1, -0.05) is 42.5 Å². The van der Waals surface area contributed by atoms with Crippen molar-refractivity contribution in [1.29, 1.82) is 0 Å². The van der Waals surface area contributed by atoms with Crippen molar-refractivity contribution in [1.82, 2.24) is 10.0 Å². The molecule has 0 spiro atoms. The van der Waals surface area contributed by atoms with E-state index in [4.69, 9.17) is 4.74 Å². The van der Waals surface area contributed by atoms with Crippen LogP contribution in [0, 0.1) is 0 Å². The molecule has 1 fully saturated rings. The highest BCUT2D eigenvalue weighted by atomic mass is 32.2. The molecular formula is C20H19N3O5S. The number of esters is 1. The monoisotopic (exact) mass is 413 g/mol. The van der Waals surface area contributed by atoms with Gasteiger partial charge in [-0.3, -0.25) is 19.3 Å². The average molecular weight is 413 g/mol. The standard InChI is InChI=1S/C20H19N3O5S/c24-17(12-21-19-15-8-4-5-9-16(15)29(26,27)23-19)28-18(13-6-2-1-3-7-13)20(25)22-14-10-11-14/h1-9,14,18H,10-12H2,(H,21,23)(H,22,25). The number of hydrogen-bond acceptors (Lipinski definition) is 6. The molecule has 1 atom stereocenters. The van der Waals surface area contributed by atoms with Gasteiger partial charge >= 0.3 is 5.97 Å². The number of nitrogens with zero attached hydrogens (tertiary/aromatic N) is 1. The maximum Gasteiger partial charge on any atom is 0.328 e. The SMILES string of the molecule is O=C(CN=C1NS(=O)(=O)c2ccccc21)OC(C(=O)NC1CC1)c1ccccc1. The second-order valence-electron chi connectivity index (χ2n) is 6.83. The lowest BCUT2D eigenvalue weighted by atomic mass is 10.1. The van der Waals surface area contributed by atoms with Crippen LogP contribution in [0.5, 0.6) is 0 Å². The average Bonchev–Trinajstić information content (AvgIpc) is 3.49. The van der Waals surface area contributed by atoms with Crippen molar-refractivity contribution in [3.63, 3.8) is 0 Å². The molecular weight excluding hydrogens is 394 g/mol. The largest absolute Gasteiger partial charge is 0.446 e. The number of amides is 1. The van der Waals surface area contributed by atoms with Crippen molar-refractivity contribution in [3.05, 3.63) is 65.7 Å². The molecule has 0 radical (unpaired) electrons. The minimum Gasteiger partial charge on any atom is -0.446 e. The first kappa shape index (κ1) is 19.1. The van der Waals surface area contributed by atoms with Crippen LogP contribution in [0.15, 0.2) is 64.5 Å². The lowest BCUT2D eigenvalue weighted by molar-refractivity contribution is -0.155. The van der Waals surface area contributed by atoms with Gasteiger partial charge in [0.15, 0.2) is 0 Å². The molecule has 1 heterocycles. The zero-order valence-electron chi connectivity index (χ0n) is 15.4. The lowest BCUT2D eigenvalue weighted by Gasteiger charge is -2.17. The molecule has 2 aromatic carbocycles. The summed E-state index contributed by atoms with van der Waals surface area (Å²) in [6.07, 6.45) is 0.736. The van der Waals surface area contributed by atoms with E-state index in [9.17, 15) is 18.0 Å². The van der Waals surface area contributed by atoms with Crippen LogP contribution in [0.25, 0.3) is 0 Å². The van der Waals surface area contributed by atoms with Crippen LogP contribution in [-0.2, 0) is 24.3 Å². The Morgan fingerprint density at radius 1 is 1.10 bits per heavy atom. The van der Waals surface area contributed by atoms with E-state index in [1.54, 1.807) is 48.5 Å². The fourth-order valence-corrected chi connectivity index (χ4v) is 4.22. The van der Waals surface area contributed by atoms with Crippen LogP contribution < -0.4 is 10.0 Å². The van der Waals surface area contributed by atoms with Crippen LogP contribution >= 0.6 is 0 Å². The second kappa shape index (κ2) is 7.67. The number of nitrogens with one attached hydrogen (secondary N) is 2. The molecule has 0 aromatic heterocycles. The Morgan fingerprint density at radius 2 is 1.79 bits per heavy atom. The molecule has 1 aliphatic carbocycles. The van der Waals surface area contributed by atoms with Gasteiger partial charge in [0.1, 0.15) is 12.4 Å². The summed E-state index contributed by atoms with van der Waals surface area (Å²) in [6.45, 7) is -0.424. The Kier molecular flexibility index (Phi) is 5.06. The lowest BCUT2D eigenvalue weighted by Crippen LogP contribution is -2.34. The van der Waals surface area contributed by atoms with Crippen LogP contribution in [0.2, 0.25) is 0 Å². The summed E-state index contributed by atoms with van der Waals surface area (Å²) in [5.74, 6) is -1.04. The second-order valence-corrected chi connectivity index (χ2v) is 8.48. The van der Waals surface area contributed by atoms with Gasteiger partial charge in [-0.15, -0.1) is 0 Å². The summed E-state index contributed by atoms with van der Waals surface area (Å²) in [5, 5.41) is 2.84. The van der Waals surface area contributed by atoms with Gasteiger partial charge < -0.3 is 10.1 Å². The van der Waals surface area contributed by atoms with Gasteiger partial charge in [-0.25, -0.2) is 8.42 Å². The zero-order chi connectivity index (χ0) is 20.4. The summed E-state index contributed by atoms with van der Waals surface area (Å²) in [4.78, 5) is 29.1. The van der Waals surface area contributed by atoms with Gasteiger partial charge in [0.25, 0.3) is 15.9 Å². The first-order chi connectivity index (χ1) is 13.9. The molecule has 29 heavy (non-hydrogen) atoms. The van der Waals surface area contributed by atoms with E-state index in [0.717, 1.165) is 12.8 Å². The van der Waals surface area contributed by atoms with Crippen molar-refractivity contribution in [2.24, 2.45) is 4.99 Å². The van der Waals surface area contributed by atoms with Gasteiger partial charge in [0.05, 0.1) is 4.90 Å². The van der Waals surface area contributed by atoms with Crippen molar-refractivity contribution >= 4 is 27.7 Å². The van der Waals surface area contributed by atoms with Gasteiger partial charge in [0, 0.05) is 17.2 Å². The number of amidine groups is 1. The number of carbonyl (C=O) groups is 2. The van der Waals surface area contributed by atoms with E-state index in [2.05, 4.69) is 15.0 Å². The fourth-order valence-electron chi connectivity index (χ4n) is 2.97. The minimum absolute atomic E-state index is 0.0799. The number of aliphatic imine (C=N–C) groups is 1. The highest BCUT2D eigenvalue weighted by Gasteiger charge is 2.32. The number of fused-ring (bicyclic) bond motifs is 1. The van der Waals surface area contributed by atoms with E-state index < -0.39 is 28.6 Å². The predicted octanol–water partition coefficient (Wildman–Crippen LogP) is 1.29. The number of rotatable bonds is 6. The highest BCUT2D eigenvalue weighted by molar-refractivity contribution is 7.90. The Morgan fingerprint density at radius 3 is 2.52 bits per heavy atom. The Hall–Kier alpha value is -3.20. The van der Waals surface area contributed by atoms with Crippen molar-refractivity contribution in [3.8, 4) is 0 Å². The van der Waals surface area contributed by atoms with Crippen LogP contribution in [0.4, 0.5) is 0 Å². The summed E-state index contributed by atoms with van der Waals surface area (Å²) in [6, 6.07) is 15.2. The molecule has 0 saturated heterocycles. The highest BCUT2D eigenvalue weighted by Crippen LogP contribution is 2.24. The maximum atomic E-state index is 12.5. The maximum absolute atomic E-state index is 12.5. The first-order valence-electron chi connectivity index (χ1n) is 9.15. The smallest absolute Gasteiger partial charge is 0.328 e. The first-order valence-corrected chi connectivity index (χ1v) is 10.6. The molecule has 1 unspecified atom stereocenters. The molecule has 9 heteroatoms. The summed E-state index contributed by atoms with van der Waals surface area (Å²) in [7, 11) is -3.69. The zero-order valence-corrected chi connectivity index (χ0v) is 16.2. The topological polar surface area (TPSA) is 114 Å². The molecule has 2 aromatic rings. The van der Waals surface area contributed by atoms with Gasteiger partial charge in [-0.2, -0.15) is 0 Å². The van der Waals surface area contributed by atoms with Gasteiger partial charge in [0.2, 0.25) is 6.10 Å². The quantitative estimate of drug-likeness (QED) is 0.693. The van der Waals surface area contributed by atoms with Crippen LogP contribution in [0.1, 0.15) is 30.1 Å².